The van der Waals surface area contributed by atoms with Crippen LogP contribution in [0.2, 0.25) is 0 Å². The van der Waals surface area contributed by atoms with Crippen molar-refractivity contribution in [3.8, 4) is 0 Å². The first-order valence-corrected chi connectivity index (χ1v) is 5.37. The summed E-state index contributed by atoms with van der Waals surface area (Å²) in [5.41, 5.74) is 0.0317. The van der Waals surface area contributed by atoms with E-state index in [1.165, 1.54) is 23.9 Å². The number of hydrogen-bond donors (Lipinski definition) is 0. The predicted molar refractivity (Wildman–Crippen MR) is 59.3 cm³/mol. The van der Waals surface area contributed by atoms with Crippen LogP contribution in [0.5, 0.6) is 0 Å². The Hall–Kier alpha value is -1.07. The van der Waals surface area contributed by atoms with Crippen molar-refractivity contribution in [3.05, 3.63) is 34.4 Å². The van der Waals surface area contributed by atoms with Crippen LogP contribution in [0.15, 0.2) is 29.2 Å². The van der Waals surface area contributed by atoms with Crippen molar-refractivity contribution < 1.29 is 9.72 Å². The first-order chi connectivity index (χ1) is 7.00. The monoisotopic (exact) mass is 245 g/mol. The van der Waals surface area contributed by atoms with Gasteiger partial charge in [0.25, 0.3) is 5.69 Å². The van der Waals surface area contributed by atoms with E-state index in [1.54, 1.807) is 19.1 Å². The van der Waals surface area contributed by atoms with Crippen molar-refractivity contribution in [2.24, 2.45) is 0 Å². The molecule has 0 saturated carbocycles. The molecule has 1 aromatic carbocycles. The summed E-state index contributed by atoms with van der Waals surface area (Å²) in [5.74, 6) is 0. The van der Waals surface area contributed by atoms with E-state index in [4.69, 9.17) is 11.6 Å². The van der Waals surface area contributed by atoms with Gasteiger partial charge in [-0.15, -0.1) is 11.8 Å². The summed E-state index contributed by atoms with van der Waals surface area (Å²) in [6.45, 7) is 1.68. The summed E-state index contributed by atoms with van der Waals surface area (Å²) in [7, 11) is 0. The normalized spacial score (nSPS) is 12.1. The van der Waals surface area contributed by atoms with E-state index in [9.17, 15) is 14.9 Å². The molecule has 0 aliphatic rings. The number of halogens is 1. The highest BCUT2D eigenvalue weighted by atomic mass is 35.5. The number of carbonyl (C=O) groups excluding carboxylic acids is 1. The molecule has 6 heteroatoms. The van der Waals surface area contributed by atoms with Crippen LogP contribution in [0.1, 0.15) is 6.92 Å². The third kappa shape index (κ3) is 3.53. The first-order valence-electron chi connectivity index (χ1n) is 4.11. The zero-order valence-corrected chi connectivity index (χ0v) is 9.42. The number of nitrogens with zero attached hydrogens (tertiary/aromatic N) is 1. The minimum absolute atomic E-state index is 0.0317. The summed E-state index contributed by atoms with van der Waals surface area (Å²) < 4.78 is 0. The molecule has 0 heterocycles. The molecule has 0 aliphatic carbocycles. The minimum Gasteiger partial charge on any atom is -0.280 e. The Morgan fingerprint density at radius 3 is 2.40 bits per heavy atom. The lowest BCUT2D eigenvalue weighted by molar-refractivity contribution is -0.384. The number of non-ortho nitro benzene ring substituents is 1. The Balaban J connectivity index is 2.72. The number of hydrogen-bond acceptors (Lipinski definition) is 4. The Morgan fingerprint density at radius 1 is 1.47 bits per heavy atom. The van der Waals surface area contributed by atoms with Crippen LogP contribution < -0.4 is 0 Å². The third-order valence-electron chi connectivity index (χ3n) is 1.68. The average molecular weight is 246 g/mol. The van der Waals surface area contributed by atoms with Gasteiger partial charge in [-0.2, -0.15) is 0 Å². The third-order valence-corrected chi connectivity index (χ3v) is 3.25. The molecule has 1 unspecified atom stereocenters. The molecule has 0 saturated heterocycles. The van der Waals surface area contributed by atoms with Crippen molar-refractivity contribution in [2.45, 2.75) is 17.1 Å². The molecule has 0 aromatic heterocycles. The highest BCUT2D eigenvalue weighted by Gasteiger charge is 2.12. The van der Waals surface area contributed by atoms with Gasteiger partial charge in [0.05, 0.1) is 10.2 Å². The van der Waals surface area contributed by atoms with Gasteiger partial charge in [0.2, 0.25) is 5.24 Å². The van der Waals surface area contributed by atoms with Crippen LogP contribution in [-0.4, -0.2) is 15.4 Å². The van der Waals surface area contributed by atoms with E-state index in [0.29, 0.717) is 0 Å². The van der Waals surface area contributed by atoms with Gasteiger partial charge in [-0.25, -0.2) is 0 Å². The molecular formula is C9H8ClNO3S. The zero-order valence-electron chi connectivity index (χ0n) is 7.84. The number of benzene rings is 1. The van der Waals surface area contributed by atoms with Crippen molar-refractivity contribution >= 4 is 34.3 Å². The Kier molecular flexibility index (Phi) is 4.11. The lowest BCUT2D eigenvalue weighted by Gasteiger charge is -2.04. The van der Waals surface area contributed by atoms with E-state index in [1.807, 2.05) is 0 Å². The molecular weight excluding hydrogens is 238 g/mol. The van der Waals surface area contributed by atoms with Crippen LogP contribution in [0.4, 0.5) is 5.69 Å². The Morgan fingerprint density at radius 2 is 2.00 bits per heavy atom. The van der Waals surface area contributed by atoms with Crippen LogP contribution in [0, 0.1) is 10.1 Å². The van der Waals surface area contributed by atoms with Crippen molar-refractivity contribution in [1.29, 1.82) is 0 Å². The van der Waals surface area contributed by atoms with E-state index >= 15 is 0 Å². The van der Waals surface area contributed by atoms with Crippen LogP contribution in [0.25, 0.3) is 0 Å². The summed E-state index contributed by atoms with van der Waals surface area (Å²) in [6.07, 6.45) is 0. The van der Waals surface area contributed by atoms with Gasteiger partial charge in [-0.3, -0.25) is 14.9 Å². The molecule has 80 valence electrons. The highest BCUT2D eigenvalue weighted by Crippen LogP contribution is 2.26. The lowest BCUT2D eigenvalue weighted by Crippen LogP contribution is -2.04. The van der Waals surface area contributed by atoms with Gasteiger partial charge in [0.1, 0.15) is 0 Å². The van der Waals surface area contributed by atoms with Gasteiger partial charge < -0.3 is 0 Å². The Bertz CT molecular complexity index is 379. The summed E-state index contributed by atoms with van der Waals surface area (Å²) >= 11 is 6.56. The average Bonchev–Trinajstić information content (AvgIpc) is 2.18. The summed E-state index contributed by atoms with van der Waals surface area (Å²) in [6, 6.07) is 5.99. The van der Waals surface area contributed by atoms with Crippen molar-refractivity contribution in [2.75, 3.05) is 0 Å². The number of carbonyl (C=O) groups is 1. The lowest BCUT2D eigenvalue weighted by atomic mass is 10.3. The topological polar surface area (TPSA) is 60.2 Å². The van der Waals surface area contributed by atoms with Gasteiger partial charge in [-0.1, -0.05) is 0 Å². The smallest absolute Gasteiger partial charge is 0.269 e. The molecule has 0 spiro atoms. The summed E-state index contributed by atoms with van der Waals surface area (Å²) in [5, 5.41) is 9.58. The molecule has 1 rings (SSSR count). The van der Waals surface area contributed by atoms with E-state index in [-0.39, 0.29) is 10.9 Å². The molecule has 1 atom stereocenters. The van der Waals surface area contributed by atoms with Gasteiger partial charge in [0, 0.05) is 17.0 Å². The van der Waals surface area contributed by atoms with E-state index in [2.05, 4.69) is 0 Å². The summed E-state index contributed by atoms with van der Waals surface area (Å²) in [4.78, 5) is 21.4. The molecule has 0 fully saturated rings. The van der Waals surface area contributed by atoms with E-state index < -0.39 is 10.2 Å². The molecule has 0 radical (unpaired) electrons. The van der Waals surface area contributed by atoms with Crippen LogP contribution in [0.3, 0.4) is 0 Å². The predicted octanol–water partition coefficient (Wildman–Crippen LogP) is 2.84. The zero-order chi connectivity index (χ0) is 11.4. The van der Waals surface area contributed by atoms with Gasteiger partial charge in [-0.05, 0) is 30.7 Å². The number of thioether (sulfide) groups is 1. The van der Waals surface area contributed by atoms with Gasteiger partial charge in [0.15, 0.2) is 0 Å². The van der Waals surface area contributed by atoms with Crippen LogP contribution in [-0.2, 0) is 4.79 Å². The number of rotatable bonds is 4. The Labute approximate surface area is 95.8 Å². The molecule has 15 heavy (non-hydrogen) atoms. The maximum absolute atomic E-state index is 10.8. The maximum Gasteiger partial charge on any atom is 0.269 e. The minimum atomic E-state index is -0.468. The molecule has 0 aliphatic heterocycles. The molecule has 0 N–H and O–H groups in total. The molecule has 0 bridgehead atoms. The SMILES string of the molecule is CC(Sc1ccc([N+](=O)[O-])cc1)C(=O)Cl. The first kappa shape index (κ1) is 12.0. The van der Waals surface area contributed by atoms with E-state index in [0.717, 1.165) is 4.90 Å². The fourth-order valence-corrected chi connectivity index (χ4v) is 1.82. The molecule has 4 nitrogen and oxygen atoms in total. The largest absolute Gasteiger partial charge is 0.280 e. The second-order valence-electron chi connectivity index (χ2n) is 2.82. The van der Waals surface area contributed by atoms with Crippen molar-refractivity contribution in [1.82, 2.24) is 0 Å². The quantitative estimate of drug-likeness (QED) is 0.354. The van der Waals surface area contributed by atoms with Gasteiger partial charge >= 0.3 is 0 Å². The standard InChI is InChI=1S/C9H8ClNO3S/c1-6(9(10)12)15-8-4-2-7(3-5-8)11(13)14/h2-6H,1H3. The van der Waals surface area contributed by atoms with Crippen LogP contribution >= 0.6 is 23.4 Å². The number of nitro groups is 1. The van der Waals surface area contributed by atoms with Crippen molar-refractivity contribution in [3.63, 3.8) is 0 Å². The maximum atomic E-state index is 10.8. The molecule has 0 amide bonds. The fourth-order valence-electron chi connectivity index (χ4n) is 0.897. The second-order valence-corrected chi connectivity index (χ2v) is 4.60. The number of nitro benzene ring substituents is 1. The highest BCUT2D eigenvalue weighted by molar-refractivity contribution is 8.00. The fraction of sp³-hybridized carbons (Fsp3) is 0.222. The molecule has 1 aromatic rings. The second kappa shape index (κ2) is 5.14.